The molecule has 0 saturated heterocycles. The summed E-state index contributed by atoms with van der Waals surface area (Å²) in [4.78, 5) is 28.7. The van der Waals surface area contributed by atoms with Gasteiger partial charge in [0.1, 0.15) is 5.60 Å². The molecule has 7 heteroatoms. The van der Waals surface area contributed by atoms with Crippen LogP contribution in [0.3, 0.4) is 0 Å². The van der Waals surface area contributed by atoms with E-state index in [-0.39, 0.29) is 10.8 Å². The minimum Gasteiger partial charge on any atom is -0.328 e. The normalized spacial score (nSPS) is 19.1. The molecule has 0 bridgehead atoms. The Morgan fingerprint density at radius 1 is 0.857 bits per heavy atom. The van der Waals surface area contributed by atoms with Gasteiger partial charge in [0, 0.05) is 0 Å². The van der Waals surface area contributed by atoms with Gasteiger partial charge in [0.2, 0.25) is 0 Å². The van der Waals surface area contributed by atoms with Gasteiger partial charge in [-0.05, 0) is 47.3 Å². The molecule has 1 fully saturated rings. The summed E-state index contributed by atoms with van der Waals surface area (Å²) in [5.41, 5.74) is 3.90. The van der Waals surface area contributed by atoms with E-state index in [0.29, 0.717) is 0 Å². The van der Waals surface area contributed by atoms with Gasteiger partial charge in [-0.15, -0.1) is 0 Å². The number of aryl methyl sites for hydroxylation is 1. The van der Waals surface area contributed by atoms with E-state index in [0.717, 1.165) is 37.7 Å². The minimum atomic E-state index is -2.67. The predicted octanol–water partition coefficient (Wildman–Crippen LogP) is 6.21. The number of hydrogen-bond acceptors (Lipinski definition) is 5. The van der Waals surface area contributed by atoms with Crippen LogP contribution in [-0.4, -0.2) is 14.7 Å². The van der Waals surface area contributed by atoms with Gasteiger partial charge >= 0.3 is 17.2 Å². The second-order valence-electron chi connectivity index (χ2n) is 9.95. The number of hydrogen-bond donors (Lipinski definition) is 3. The van der Waals surface area contributed by atoms with Gasteiger partial charge in [0.05, 0.1) is 0 Å². The van der Waals surface area contributed by atoms with E-state index >= 15 is 0 Å². The van der Waals surface area contributed by atoms with Gasteiger partial charge < -0.3 is 19.2 Å². The average molecular weight is 430 g/mol. The molecule has 1 aliphatic carbocycles. The lowest BCUT2D eigenvalue weighted by atomic mass is 9.67. The largest absolute Gasteiger partial charge is 0.337 e. The quantitative estimate of drug-likeness (QED) is 0.484. The third-order valence-corrected chi connectivity index (χ3v) is 7.06. The fourth-order valence-corrected chi connectivity index (χ4v) is 5.40. The van der Waals surface area contributed by atoms with E-state index < -0.39 is 22.8 Å². The van der Waals surface area contributed by atoms with Crippen molar-refractivity contribution in [2.45, 2.75) is 97.0 Å². The second kappa shape index (κ2) is 8.94. The first kappa shape index (κ1) is 24.2. The minimum absolute atomic E-state index is 0.102. The summed E-state index contributed by atoms with van der Waals surface area (Å²) < 4.78 is 11.0. The van der Waals surface area contributed by atoms with E-state index in [1.807, 2.05) is 0 Å². The van der Waals surface area contributed by atoms with Crippen LogP contribution in [0.2, 0.25) is 0 Å². The molecule has 0 aromatic heterocycles. The van der Waals surface area contributed by atoms with Crippen LogP contribution in [-0.2, 0) is 25.3 Å². The lowest BCUT2D eigenvalue weighted by molar-refractivity contribution is 0.0131. The fraction of sp³-hybridized carbons (Fsp3) is 0.714. The maximum absolute atomic E-state index is 10.4. The molecule has 1 aromatic carbocycles. The lowest BCUT2D eigenvalue weighted by Crippen LogP contribution is -2.37. The van der Waals surface area contributed by atoms with Crippen molar-refractivity contribution in [3.8, 4) is 0 Å². The average Bonchev–Trinajstić information content (AvgIpc) is 2.52. The van der Waals surface area contributed by atoms with Gasteiger partial charge in [-0.3, -0.25) is 0 Å². The first-order valence-electron chi connectivity index (χ1n) is 9.96. The van der Waals surface area contributed by atoms with Crippen LogP contribution in [0.4, 0.5) is 0 Å². The van der Waals surface area contributed by atoms with Crippen LogP contribution in [0, 0.1) is 6.92 Å². The molecule has 3 N–H and O–H groups in total. The van der Waals surface area contributed by atoms with E-state index in [9.17, 15) is 14.7 Å². The molecule has 1 unspecified atom stereocenters. The zero-order valence-electron chi connectivity index (χ0n) is 18.2. The maximum atomic E-state index is 10.4. The molecular formula is C21H36O5P2. The molecule has 28 heavy (non-hydrogen) atoms. The molecule has 1 aliphatic rings. The van der Waals surface area contributed by atoms with Crippen molar-refractivity contribution in [1.82, 2.24) is 0 Å². The fourth-order valence-electron chi connectivity index (χ4n) is 4.20. The summed E-state index contributed by atoms with van der Waals surface area (Å²) in [6.07, 6.45) is 4.68. The molecule has 5 nitrogen and oxygen atoms in total. The molecule has 2 rings (SSSR count). The van der Waals surface area contributed by atoms with E-state index in [1.54, 1.807) is 0 Å². The Morgan fingerprint density at radius 2 is 1.32 bits per heavy atom. The van der Waals surface area contributed by atoms with Gasteiger partial charge in [-0.2, -0.15) is 0 Å². The predicted molar refractivity (Wildman–Crippen MR) is 116 cm³/mol. The molecule has 1 saturated carbocycles. The topological polar surface area (TPSA) is 79.2 Å². The van der Waals surface area contributed by atoms with Crippen LogP contribution >= 0.6 is 17.2 Å². The van der Waals surface area contributed by atoms with Crippen LogP contribution in [0.5, 0.6) is 0 Å². The molecule has 0 amide bonds. The zero-order valence-corrected chi connectivity index (χ0v) is 20.0. The SMILES string of the molecule is Cc1cc(C(C)(C)C)c(C2(OP(O)OP(O)O)CCCCC2)c(C(C)(C)C)c1. The Hall–Kier alpha value is -0.120. The highest BCUT2D eigenvalue weighted by molar-refractivity contribution is 7.54. The van der Waals surface area contributed by atoms with E-state index in [2.05, 4.69) is 60.6 Å². The summed E-state index contributed by atoms with van der Waals surface area (Å²) in [6.45, 7) is 15.3. The molecule has 0 spiro atoms. The van der Waals surface area contributed by atoms with Crippen molar-refractivity contribution >= 4 is 17.2 Å². The van der Waals surface area contributed by atoms with E-state index in [4.69, 9.17) is 8.83 Å². The summed E-state index contributed by atoms with van der Waals surface area (Å²) in [6, 6.07) is 4.46. The van der Waals surface area contributed by atoms with Gasteiger partial charge in [-0.25, -0.2) is 4.31 Å². The molecule has 0 aliphatic heterocycles. The van der Waals surface area contributed by atoms with Crippen molar-refractivity contribution in [1.29, 1.82) is 0 Å². The molecule has 160 valence electrons. The van der Waals surface area contributed by atoms with Crippen LogP contribution in [0.15, 0.2) is 12.1 Å². The highest BCUT2D eigenvalue weighted by Gasteiger charge is 2.44. The van der Waals surface area contributed by atoms with Crippen LogP contribution < -0.4 is 0 Å². The summed E-state index contributed by atoms with van der Waals surface area (Å²) in [5.74, 6) is 0. The van der Waals surface area contributed by atoms with Crippen molar-refractivity contribution in [3.05, 3.63) is 34.4 Å². The Kier molecular flexibility index (Phi) is 7.71. The smallest absolute Gasteiger partial charge is 0.328 e. The molecule has 1 aromatic rings. The lowest BCUT2D eigenvalue weighted by Gasteiger charge is -2.44. The number of rotatable bonds is 5. The third-order valence-electron chi connectivity index (χ3n) is 5.41. The Labute approximate surface area is 172 Å². The van der Waals surface area contributed by atoms with Crippen molar-refractivity contribution in [2.24, 2.45) is 0 Å². The zero-order chi connectivity index (χ0) is 21.3. The van der Waals surface area contributed by atoms with Gasteiger partial charge in [0.25, 0.3) is 0 Å². The third kappa shape index (κ3) is 5.73. The van der Waals surface area contributed by atoms with Gasteiger partial charge in [0.15, 0.2) is 0 Å². The monoisotopic (exact) mass is 430 g/mol. The highest BCUT2D eigenvalue weighted by Crippen LogP contribution is 2.57. The number of benzene rings is 1. The molecule has 0 radical (unpaired) electrons. The summed E-state index contributed by atoms with van der Waals surface area (Å²) in [5, 5.41) is 0. The molecule has 1 atom stereocenters. The Morgan fingerprint density at radius 3 is 1.71 bits per heavy atom. The first-order valence-corrected chi connectivity index (χ1v) is 12.3. The van der Waals surface area contributed by atoms with Crippen molar-refractivity contribution in [3.63, 3.8) is 0 Å². The highest BCUT2D eigenvalue weighted by atomic mass is 31.2. The van der Waals surface area contributed by atoms with Crippen molar-refractivity contribution in [2.75, 3.05) is 0 Å². The summed E-state index contributed by atoms with van der Waals surface area (Å²) in [7, 11) is -5.06. The van der Waals surface area contributed by atoms with E-state index in [1.165, 1.54) is 16.7 Å². The Balaban J connectivity index is 2.73. The standard InChI is InChI=1S/C21H36O5P2/c1-15-13-16(19(2,3)4)18(17(14-15)20(5,6)7)21(11-9-8-10-12-21)25-28(24)26-27(22)23/h13-14,22-24H,8-12H2,1-7H3. The van der Waals surface area contributed by atoms with Crippen LogP contribution in [0.1, 0.15) is 95.9 Å². The Bertz CT molecular complexity index is 635. The van der Waals surface area contributed by atoms with Crippen molar-refractivity contribution < 1.29 is 23.5 Å². The second-order valence-corrected chi connectivity index (χ2v) is 11.8. The molecule has 0 heterocycles. The first-order chi connectivity index (χ1) is 12.8. The maximum Gasteiger partial charge on any atom is 0.337 e. The summed E-state index contributed by atoms with van der Waals surface area (Å²) >= 11 is 0. The molecular weight excluding hydrogens is 394 g/mol. The van der Waals surface area contributed by atoms with Gasteiger partial charge in [-0.1, -0.05) is 78.5 Å². The van der Waals surface area contributed by atoms with Crippen LogP contribution in [0.25, 0.3) is 0 Å².